The van der Waals surface area contributed by atoms with Gasteiger partial charge in [0, 0.05) is 30.2 Å². The van der Waals surface area contributed by atoms with Crippen LogP contribution in [0.4, 0.5) is 9.18 Å². The van der Waals surface area contributed by atoms with E-state index in [2.05, 4.69) is 5.32 Å². The van der Waals surface area contributed by atoms with E-state index in [1.807, 2.05) is 18.2 Å². The van der Waals surface area contributed by atoms with Crippen molar-refractivity contribution in [3.63, 3.8) is 0 Å². The molecule has 1 aliphatic rings. The van der Waals surface area contributed by atoms with Crippen LogP contribution in [0.3, 0.4) is 0 Å². The Morgan fingerprint density at radius 2 is 1.91 bits per heavy atom. The van der Waals surface area contributed by atoms with Crippen molar-refractivity contribution in [1.82, 2.24) is 10.2 Å². The topological polar surface area (TPSA) is 78.9 Å². The first-order chi connectivity index (χ1) is 16.4. The molecule has 176 valence electrons. The van der Waals surface area contributed by atoms with E-state index < -0.39 is 5.97 Å². The number of rotatable bonds is 6. The number of amides is 2. The number of carboxylic acid groups (broad SMARTS) is 1. The second kappa shape index (κ2) is 10.1. The monoisotopic (exact) mass is 482 g/mol. The van der Waals surface area contributed by atoms with Crippen molar-refractivity contribution in [1.29, 1.82) is 0 Å². The van der Waals surface area contributed by atoms with Crippen molar-refractivity contribution in [2.75, 3.05) is 13.7 Å². The van der Waals surface area contributed by atoms with E-state index in [4.69, 9.17) is 16.3 Å². The molecule has 0 atom stereocenters. The highest BCUT2D eigenvalue weighted by atomic mass is 35.5. The van der Waals surface area contributed by atoms with E-state index in [9.17, 15) is 19.1 Å². The van der Waals surface area contributed by atoms with Gasteiger partial charge in [0.25, 0.3) is 0 Å². The van der Waals surface area contributed by atoms with Crippen molar-refractivity contribution in [2.24, 2.45) is 0 Å². The summed E-state index contributed by atoms with van der Waals surface area (Å²) in [6.45, 7) is 0.865. The van der Waals surface area contributed by atoms with E-state index in [0.29, 0.717) is 51.6 Å². The Labute approximate surface area is 201 Å². The van der Waals surface area contributed by atoms with Gasteiger partial charge in [-0.1, -0.05) is 41.9 Å². The molecular weight excluding hydrogens is 459 g/mol. The van der Waals surface area contributed by atoms with Gasteiger partial charge in [-0.15, -0.1) is 0 Å². The second-order valence-electron chi connectivity index (χ2n) is 8.08. The number of urea groups is 1. The molecule has 1 aliphatic heterocycles. The molecule has 0 saturated carbocycles. The first-order valence-corrected chi connectivity index (χ1v) is 11.2. The lowest BCUT2D eigenvalue weighted by Gasteiger charge is -2.31. The van der Waals surface area contributed by atoms with Crippen LogP contribution in [0.15, 0.2) is 54.6 Å². The predicted molar refractivity (Wildman–Crippen MR) is 128 cm³/mol. The maximum absolute atomic E-state index is 14.7. The average molecular weight is 483 g/mol. The first-order valence-electron chi connectivity index (χ1n) is 10.8. The highest BCUT2D eigenvalue weighted by Crippen LogP contribution is 2.37. The highest BCUT2D eigenvalue weighted by molar-refractivity contribution is 6.31. The van der Waals surface area contributed by atoms with Crippen LogP contribution >= 0.6 is 11.6 Å². The minimum Gasteiger partial charge on any atom is -0.496 e. The minimum absolute atomic E-state index is 0.142. The summed E-state index contributed by atoms with van der Waals surface area (Å²) in [5.74, 6) is -0.725. The number of benzene rings is 3. The molecule has 0 aliphatic carbocycles. The Morgan fingerprint density at radius 1 is 1.12 bits per heavy atom. The van der Waals surface area contributed by atoms with Crippen LogP contribution in [0.1, 0.15) is 22.3 Å². The van der Waals surface area contributed by atoms with Crippen molar-refractivity contribution in [3.05, 3.63) is 87.7 Å². The molecule has 0 spiro atoms. The highest BCUT2D eigenvalue weighted by Gasteiger charge is 2.26. The maximum atomic E-state index is 14.7. The third-order valence-corrected chi connectivity index (χ3v) is 6.31. The number of methoxy groups -OCH3 is 1. The van der Waals surface area contributed by atoms with Gasteiger partial charge in [0.1, 0.15) is 11.6 Å². The largest absolute Gasteiger partial charge is 0.496 e. The third kappa shape index (κ3) is 4.99. The molecule has 34 heavy (non-hydrogen) atoms. The van der Waals surface area contributed by atoms with Crippen LogP contribution in [0.25, 0.3) is 11.1 Å². The van der Waals surface area contributed by atoms with Crippen molar-refractivity contribution in [3.8, 4) is 16.9 Å². The van der Waals surface area contributed by atoms with E-state index in [0.717, 1.165) is 5.56 Å². The number of halogens is 2. The van der Waals surface area contributed by atoms with E-state index in [1.54, 1.807) is 35.2 Å². The number of carbonyl (C=O) groups excluding carboxylic acids is 1. The van der Waals surface area contributed by atoms with Crippen LogP contribution in [0.2, 0.25) is 5.02 Å². The quantitative estimate of drug-likeness (QED) is 0.515. The van der Waals surface area contributed by atoms with Gasteiger partial charge in [-0.25, -0.2) is 9.18 Å². The summed E-state index contributed by atoms with van der Waals surface area (Å²) < 4.78 is 20.2. The number of hydrogen-bond acceptors (Lipinski definition) is 3. The molecule has 0 bridgehead atoms. The van der Waals surface area contributed by atoms with Gasteiger partial charge in [0.2, 0.25) is 0 Å². The van der Waals surface area contributed by atoms with E-state index in [-0.39, 0.29) is 31.4 Å². The number of carbonyl (C=O) groups is 2. The number of aliphatic carboxylic acids is 1. The second-order valence-corrected chi connectivity index (χ2v) is 8.49. The molecule has 0 aromatic heterocycles. The first kappa shape index (κ1) is 23.6. The van der Waals surface area contributed by atoms with E-state index in [1.165, 1.54) is 13.2 Å². The van der Waals surface area contributed by atoms with E-state index >= 15 is 0 Å². The van der Waals surface area contributed by atoms with Crippen LogP contribution < -0.4 is 10.1 Å². The number of carboxylic acids is 1. The van der Waals surface area contributed by atoms with Crippen molar-refractivity contribution in [2.45, 2.75) is 25.9 Å². The molecule has 2 N–H and O–H groups in total. The summed E-state index contributed by atoms with van der Waals surface area (Å²) in [6.07, 6.45) is 0.225. The smallest absolute Gasteiger partial charge is 0.317 e. The molecule has 3 aromatic carbocycles. The Bertz CT molecular complexity index is 1250. The van der Waals surface area contributed by atoms with Gasteiger partial charge in [0.05, 0.1) is 13.5 Å². The maximum Gasteiger partial charge on any atom is 0.317 e. The fourth-order valence-electron chi connectivity index (χ4n) is 4.23. The predicted octanol–water partition coefficient (Wildman–Crippen LogP) is 5.05. The molecule has 8 heteroatoms. The standard InChI is InChI=1S/C26H24ClFN2O4/c1-34-24-9-6-16(13-25(31)32)12-20(24)18-7-8-23(28)19-10-11-30(15-21(18)19)26(33)29-14-17-4-2-3-5-22(17)27/h2-9,12H,10-11,13-15H2,1H3,(H,29,33)(H,31,32). The zero-order chi connectivity index (χ0) is 24.2. The number of nitrogens with zero attached hydrogens (tertiary/aromatic N) is 1. The molecule has 0 radical (unpaired) electrons. The summed E-state index contributed by atoms with van der Waals surface area (Å²) in [5, 5.41) is 12.6. The van der Waals surface area contributed by atoms with Crippen molar-refractivity contribution < 1.29 is 23.8 Å². The summed E-state index contributed by atoms with van der Waals surface area (Å²) in [6, 6.07) is 15.2. The Kier molecular flexibility index (Phi) is 7.03. The van der Waals surface area contributed by atoms with Crippen LogP contribution in [0, 0.1) is 5.82 Å². The lowest BCUT2D eigenvalue weighted by atomic mass is 9.89. The SMILES string of the molecule is COc1ccc(CC(=O)O)cc1-c1ccc(F)c2c1CN(C(=O)NCc1ccccc1Cl)CC2. The van der Waals surface area contributed by atoms with Gasteiger partial charge < -0.3 is 20.1 Å². The molecule has 4 rings (SSSR count). The lowest BCUT2D eigenvalue weighted by Crippen LogP contribution is -2.42. The fraction of sp³-hybridized carbons (Fsp3) is 0.231. The Morgan fingerprint density at radius 3 is 2.65 bits per heavy atom. The van der Waals surface area contributed by atoms with Gasteiger partial charge in [-0.2, -0.15) is 0 Å². The molecule has 6 nitrogen and oxygen atoms in total. The summed E-state index contributed by atoms with van der Waals surface area (Å²) in [5.41, 5.74) is 4.02. The summed E-state index contributed by atoms with van der Waals surface area (Å²) in [4.78, 5) is 25.8. The molecule has 0 unspecified atom stereocenters. The summed E-state index contributed by atoms with van der Waals surface area (Å²) in [7, 11) is 1.53. The van der Waals surface area contributed by atoms with Gasteiger partial charge >= 0.3 is 12.0 Å². The van der Waals surface area contributed by atoms with Crippen molar-refractivity contribution >= 4 is 23.6 Å². The van der Waals surface area contributed by atoms with Crippen LogP contribution in [0.5, 0.6) is 5.75 Å². The zero-order valence-electron chi connectivity index (χ0n) is 18.6. The average Bonchev–Trinajstić information content (AvgIpc) is 2.83. The Hall–Kier alpha value is -3.58. The molecule has 3 aromatic rings. The fourth-order valence-corrected chi connectivity index (χ4v) is 4.43. The molecule has 0 fully saturated rings. The molecule has 0 saturated heterocycles. The van der Waals surface area contributed by atoms with Crippen LogP contribution in [-0.4, -0.2) is 35.7 Å². The zero-order valence-corrected chi connectivity index (χ0v) is 19.4. The number of nitrogens with one attached hydrogen (secondary N) is 1. The van der Waals surface area contributed by atoms with Crippen LogP contribution in [-0.2, 0) is 30.7 Å². The number of fused-ring (bicyclic) bond motifs is 1. The lowest BCUT2D eigenvalue weighted by molar-refractivity contribution is -0.136. The molecule has 2 amide bonds. The number of ether oxygens (including phenoxy) is 1. The van der Waals surface area contributed by atoms with Gasteiger partial charge in [-0.05, 0) is 58.5 Å². The molecular formula is C26H24ClFN2O4. The Balaban J connectivity index is 1.63. The normalized spacial score (nSPS) is 12.7. The minimum atomic E-state index is -0.946. The van der Waals surface area contributed by atoms with Gasteiger partial charge in [-0.3, -0.25) is 4.79 Å². The summed E-state index contributed by atoms with van der Waals surface area (Å²) >= 11 is 6.18. The van der Waals surface area contributed by atoms with Gasteiger partial charge in [0.15, 0.2) is 0 Å². The third-order valence-electron chi connectivity index (χ3n) is 5.94. The molecule has 1 heterocycles. The number of hydrogen-bond donors (Lipinski definition) is 2.